The zero-order chi connectivity index (χ0) is 20.6. The summed E-state index contributed by atoms with van der Waals surface area (Å²) in [7, 11) is 0. The van der Waals surface area contributed by atoms with Crippen LogP contribution >= 0.6 is 11.6 Å². The third kappa shape index (κ3) is 6.21. The fourth-order valence-corrected chi connectivity index (χ4v) is 3.64. The zero-order valence-corrected chi connectivity index (χ0v) is 17.3. The van der Waals surface area contributed by atoms with E-state index in [-0.39, 0.29) is 17.6 Å². The smallest absolute Gasteiger partial charge is 0.243 e. The molecule has 1 fully saturated rings. The molecule has 6 nitrogen and oxygen atoms in total. The molecule has 7 heteroatoms. The number of halogens is 1. The van der Waals surface area contributed by atoms with E-state index in [0.717, 1.165) is 37.5 Å². The molecule has 1 amide bonds. The van der Waals surface area contributed by atoms with Gasteiger partial charge in [-0.1, -0.05) is 23.7 Å². The normalized spacial score (nSPS) is 19.2. The van der Waals surface area contributed by atoms with Gasteiger partial charge in [0.25, 0.3) is 0 Å². The highest BCUT2D eigenvalue weighted by Gasteiger charge is 2.27. The molecular formula is C22H27ClN3O3+. The molecule has 0 bridgehead atoms. The highest BCUT2D eigenvalue weighted by Crippen LogP contribution is 2.26. The predicted molar refractivity (Wildman–Crippen MR) is 114 cm³/mol. The van der Waals surface area contributed by atoms with Crippen molar-refractivity contribution in [3.63, 3.8) is 0 Å². The van der Waals surface area contributed by atoms with Gasteiger partial charge in [-0.2, -0.15) is 5.10 Å². The van der Waals surface area contributed by atoms with E-state index in [1.807, 2.05) is 19.1 Å². The van der Waals surface area contributed by atoms with E-state index in [1.165, 1.54) is 16.7 Å². The first-order valence-corrected chi connectivity index (χ1v) is 10.3. The van der Waals surface area contributed by atoms with Crippen LogP contribution in [-0.2, 0) is 11.3 Å². The van der Waals surface area contributed by atoms with Crippen molar-refractivity contribution in [2.45, 2.75) is 26.3 Å². The lowest BCUT2D eigenvalue weighted by atomic mass is 9.96. The highest BCUT2D eigenvalue weighted by atomic mass is 35.5. The topological polar surface area (TPSA) is 75.4 Å². The summed E-state index contributed by atoms with van der Waals surface area (Å²) < 4.78 is 5.29. The number of phenols is 1. The van der Waals surface area contributed by atoms with Crippen molar-refractivity contribution >= 4 is 23.7 Å². The number of aromatic hydroxyl groups is 1. The summed E-state index contributed by atoms with van der Waals surface area (Å²) in [5, 5.41) is 14.7. The van der Waals surface area contributed by atoms with E-state index in [9.17, 15) is 9.90 Å². The van der Waals surface area contributed by atoms with Crippen LogP contribution in [0.5, 0.6) is 11.5 Å². The van der Waals surface area contributed by atoms with E-state index in [2.05, 4.69) is 22.7 Å². The Morgan fingerprint density at radius 2 is 2.00 bits per heavy atom. The Hall–Kier alpha value is -2.57. The van der Waals surface area contributed by atoms with Crippen LogP contribution in [0.4, 0.5) is 0 Å². The minimum Gasteiger partial charge on any atom is -0.504 e. The molecule has 3 N–H and O–H groups in total. The molecule has 2 aromatic rings. The zero-order valence-electron chi connectivity index (χ0n) is 16.5. The van der Waals surface area contributed by atoms with Crippen molar-refractivity contribution in [2.24, 2.45) is 11.0 Å². The molecule has 1 aliphatic heterocycles. The van der Waals surface area contributed by atoms with E-state index >= 15 is 0 Å². The summed E-state index contributed by atoms with van der Waals surface area (Å²) >= 11 is 5.94. The quantitative estimate of drug-likeness (QED) is 0.479. The van der Waals surface area contributed by atoms with Crippen LogP contribution in [0.15, 0.2) is 47.6 Å². The highest BCUT2D eigenvalue weighted by molar-refractivity contribution is 6.30. The lowest BCUT2D eigenvalue weighted by molar-refractivity contribution is -0.919. The number of rotatable bonds is 7. The van der Waals surface area contributed by atoms with E-state index in [4.69, 9.17) is 16.3 Å². The van der Waals surface area contributed by atoms with Crippen molar-refractivity contribution in [3.05, 3.63) is 58.6 Å². The summed E-state index contributed by atoms with van der Waals surface area (Å²) in [5.41, 5.74) is 4.57. The fourth-order valence-electron chi connectivity index (χ4n) is 3.51. The molecule has 1 heterocycles. The number of nitrogens with zero attached hydrogens (tertiary/aromatic N) is 1. The fraction of sp³-hybridized carbons (Fsp3) is 0.364. The second-order valence-electron chi connectivity index (χ2n) is 7.22. The largest absolute Gasteiger partial charge is 0.504 e. The van der Waals surface area contributed by atoms with Gasteiger partial charge in [0.15, 0.2) is 11.5 Å². The SMILES string of the molecule is CCOc1ccc(/C=N\NC(=O)C2CC[NH+](Cc3ccc(Cl)cc3)CC2)cc1O. The van der Waals surface area contributed by atoms with Gasteiger partial charge in [0.1, 0.15) is 6.54 Å². The maximum atomic E-state index is 12.4. The van der Waals surface area contributed by atoms with Crippen LogP contribution in [0.25, 0.3) is 0 Å². The third-order valence-corrected chi connectivity index (χ3v) is 5.35. The van der Waals surface area contributed by atoms with Gasteiger partial charge < -0.3 is 14.7 Å². The number of benzene rings is 2. The van der Waals surface area contributed by atoms with Crippen LogP contribution in [0.2, 0.25) is 5.02 Å². The number of phenolic OH excluding ortho intramolecular Hbond substituents is 1. The number of amides is 1. The number of hydrogen-bond acceptors (Lipinski definition) is 4. The maximum absolute atomic E-state index is 12.4. The van der Waals surface area contributed by atoms with Gasteiger partial charge in [-0.3, -0.25) is 4.79 Å². The Labute approximate surface area is 176 Å². The molecule has 0 spiro atoms. The van der Waals surface area contributed by atoms with Crippen LogP contribution in [0.1, 0.15) is 30.9 Å². The summed E-state index contributed by atoms with van der Waals surface area (Å²) in [6.45, 7) is 5.20. The third-order valence-electron chi connectivity index (χ3n) is 5.10. The number of hydrogen-bond donors (Lipinski definition) is 3. The Morgan fingerprint density at radius 1 is 1.28 bits per heavy atom. The molecule has 29 heavy (non-hydrogen) atoms. The average molecular weight is 417 g/mol. The van der Waals surface area contributed by atoms with Crippen molar-refractivity contribution in [3.8, 4) is 11.5 Å². The summed E-state index contributed by atoms with van der Waals surface area (Å²) in [6.07, 6.45) is 3.20. The molecule has 2 aromatic carbocycles. The molecule has 0 atom stereocenters. The first-order chi connectivity index (χ1) is 14.0. The molecule has 154 valence electrons. The Kier molecular flexibility index (Phi) is 7.49. The van der Waals surface area contributed by atoms with Gasteiger partial charge in [0.2, 0.25) is 5.91 Å². The van der Waals surface area contributed by atoms with E-state index in [1.54, 1.807) is 18.2 Å². The molecular weight excluding hydrogens is 390 g/mol. The number of carbonyl (C=O) groups is 1. The Balaban J connectivity index is 1.44. The van der Waals surface area contributed by atoms with Gasteiger partial charge in [-0.25, -0.2) is 5.43 Å². The minimum absolute atomic E-state index is 0.0187. The number of quaternary nitrogens is 1. The van der Waals surface area contributed by atoms with E-state index < -0.39 is 0 Å². The average Bonchev–Trinajstić information content (AvgIpc) is 2.72. The lowest BCUT2D eigenvalue weighted by Crippen LogP contribution is -3.11. The molecule has 0 aromatic heterocycles. The molecule has 0 radical (unpaired) electrons. The second kappa shape index (κ2) is 10.3. The van der Waals surface area contributed by atoms with E-state index in [0.29, 0.717) is 17.9 Å². The van der Waals surface area contributed by atoms with Gasteiger partial charge in [0.05, 0.1) is 31.8 Å². The van der Waals surface area contributed by atoms with Gasteiger partial charge in [-0.05, 0) is 42.8 Å². The standard InChI is InChI=1S/C22H26ClN3O3/c1-2-29-21-8-5-17(13-20(21)27)14-24-25-22(28)18-9-11-26(12-10-18)15-16-3-6-19(23)7-4-16/h3-8,13-14,18,27H,2,9-12,15H2,1H3,(H,25,28)/p+1/b24-14-. The van der Waals surface area contributed by atoms with Crippen molar-refractivity contribution in [2.75, 3.05) is 19.7 Å². The number of likely N-dealkylation sites (tertiary alicyclic amines) is 1. The Morgan fingerprint density at radius 3 is 2.66 bits per heavy atom. The van der Waals surface area contributed by atoms with Gasteiger partial charge >= 0.3 is 0 Å². The molecule has 3 rings (SSSR count). The monoisotopic (exact) mass is 416 g/mol. The molecule has 1 aliphatic rings. The number of piperidine rings is 1. The number of nitrogens with one attached hydrogen (secondary N) is 2. The summed E-state index contributed by atoms with van der Waals surface area (Å²) in [6, 6.07) is 13.0. The van der Waals surface area contributed by atoms with Crippen LogP contribution in [0.3, 0.4) is 0 Å². The number of carbonyl (C=O) groups excluding carboxylic acids is 1. The lowest BCUT2D eigenvalue weighted by Gasteiger charge is -2.28. The summed E-state index contributed by atoms with van der Waals surface area (Å²) in [5.74, 6) is 0.413. The van der Waals surface area contributed by atoms with Gasteiger partial charge in [-0.15, -0.1) is 0 Å². The van der Waals surface area contributed by atoms with Crippen molar-refractivity contribution in [1.82, 2.24) is 5.43 Å². The van der Waals surface area contributed by atoms with Gasteiger partial charge in [0, 0.05) is 23.4 Å². The number of ether oxygens (including phenoxy) is 1. The predicted octanol–water partition coefficient (Wildman–Crippen LogP) is 2.39. The van der Waals surface area contributed by atoms with Crippen LogP contribution in [-0.4, -0.2) is 36.9 Å². The first-order valence-electron chi connectivity index (χ1n) is 9.92. The van der Waals surface area contributed by atoms with Crippen LogP contribution < -0.4 is 15.1 Å². The number of hydrazone groups is 1. The van der Waals surface area contributed by atoms with Crippen LogP contribution in [0, 0.1) is 5.92 Å². The molecule has 0 saturated carbocycles. The first kappa shape index (κ1) is 21.1. The molecule has 0 unspecified atom stereocenters. The molecule has 0 aliphatic carbocycles. The summed E-state index contributed by atoms with van der Waals surface area (Å²) in [4.78, 5) is 13.9. The van der Waals surface area contributed by atoms with Crippen molar-refractivity contribution in [1.29, 1.82) is 0 Å². The maximum Gasteiger partial charge on any atom is 0.243 e. The second-order valence-corrected chi connectivity index (χ2v) is 7.66. The molecule has 1 saturated heterocycles. The minimum atomic E-state index is -0.0537. The van der Waals surface area contributed by atoms with Crippen molar-refractivity contribution < 1.29 is 19.5 Å². The Bertz CT molecular complexity index is 847.